The molecule has 18 heavy (non-hydrogen) atoms. The van der Waals surface area contributed by atoms with Crippen LogP contribution in [0.25, 0.3) is 0 Å². The summed E-state index contributed by atoms with van der Waals surface area (Å²) in [5, 5.41) is 19.6. The molecule has 0 radical (unpaired) electrons. The van der Waals surface area contributed by atoms with Crippen molar-refractivity contribution in [2.24, 2.45) is 10.9 Å². The zero-order valence-electron chi connectivity index (χ0n) is 9.27. The van der Waals surface area contributed by atoms with E-state index in [2.05, 4.69) is 20.3 Å². The van der Waals surface area contributed by atoms with Crippen LogP contribution in [0.1, 0.15) is 5.69 Å². The number of nitrogens with two attached hydrogens (primary N) is 1. The maximum absolute atomic E-state index is 8.60. The number of amidine groups is 1. The molecule has 2 aromatic heterocycles. The minimum absolute atomic E-state index is 0.0143. The van der Waals surface area contributed by atoms with E-state index in [0.717, 1.165) is 13.6 Å². The van der Waals surface area contributed by atoms with Gasteiger partial charge in [-0.05, 0) is 18.4 Å². The Bertz CT molecular complexity index is 571. The highest BCUT2D eigenvalue weighted by molar-refractivity contribution is 8.03. The van der Waals surface area contributed by atoms with Crippen molar-refractivity contribution in [3.05, 3.63) is 24.0 Å². The average Bonchev–Trinajstić information content (AvgIpc) is 2.86. The standard InChI is InChI=1S/C9H9N5OS3/c1-16-8-12-13-9(18-8)17-5-2-3-11-6(4-5)7(10)14-15/h2-4,15H,1H3,(H2,10,14). The third kappa shape index (κ3) is 3.12. The van der Waals surface area contributed by atoms with Gasteiger partial charge in [-0.2, -0.15) is 0 Å². The van der Waals surface area contributed by atoms with E-state index in [0.29, 0.717) is 5.69 Å². The van der Waals surface area contributed by atoms with Gasteiger partial charge in [0.05, 0.1) is 0 Å². The lowest BCUT2D eigenvalue weighted by atomic mass is 10.3. The van der Waals surface area contributed by atoms with Crippen LogP contribution in [0.3, 0.4) is 0 Å². The Kier molecular flexibility index (Phi) is 4.39. The van der Waals surface area contributed by atoms with E-state index in [4.69, 9.17) is 10.9 Å². The van der Waals surface area contributed by atoms with E-state index in [1.54, 1.807) is 24.0 Å². The first-order valence-electron chi connectivity index (χ1n) is 4.72. The topological polar surface area (TPSA) is 97.3 Å². The summed E-state index contributed by atoms with van der Waals surface area (Å²) in [7, 11) is 0. The molecule has 0 saturated heterocycles. The van der Waals surface area contributed by atoms with Gasteiger partial charge in [-0.15, -0.1) is 10.2 Å². The van der Waals surface area contributed by atoms with Gasteiger partial charge in [0.2, 0.25) is 0 Å². The molecule has 0 bridgehead atoms. The normalized spacial score (nSPS) is 11.7. The molecule has 0 fully saturated rings. The van der Waals surface area contributed by atoms with Gasteiger partial charge in [0.1, 0.15) is 5.69 Å². The van der Waals surface area contributed by atoms with Gasteiger partial charge in [-0.3, -0.25) is 4.98 Å². The molecule has 0 atom stereocenters. The first-order chi connectivity index (χ1) is 8.72. The predicted octanol–water partition coefficient (Wildman–Crippen LogP) is 1.90. The van der Waals surface area contributed by atoms with Crippen LogP contribution in [-0.4, -0.2) is 32.5 Å². The Balaban J connectivity index is 2.19. The molecule has 2 rings (SSSR count). The van der Waals surface area contributed by atoms with Gasteiger partial charge in [0.25, 0.3) is 0 Å². The number of hydrogen-bond donors (Lipinski definition) is 2. The predicted molar refractivity (Wildman–Crippen MR) is 72.6 cm³/mol. The zero-order valence-corrected chi connectivity index (χ0v) is 11.7. The van der Waals surface area contributed by atoms with Crippen molar-refractivity contribution in [2.75, 3.05) is 6.26 Å². The highest BCUT2D eigenvalue weighted by Gasteiger charge is 2.07. The largest absolute Gasteiger partial charge is 0.409 e. The van der Waals surface area contributed by atoms with Crippen LogP contribution in [0.15, 0.2) is 37.1 Å². The quantitative estimate of drug-likeness (QED) is 0.292. The van der Waals surface area contributed by atoms with Crippen LogP contribution in [0.2, 0.25) is 0 Å². The summed E-state index contributed by atoms with van der Waals surface area (Å²) in [6.07, 6.45) is 3.56. The first-order valence-corrected chi connectivity index (χ1v) is 7.58. The van der Waals surface area contributed by atoms with E-state index in [1.807, 2.05) is 12.3 Å². The fourth-order valence-corrected chi connectivity index (χ4v) is 3.53. The monoisotopic (exact) mass is 299 g/mol. The van der Waals surface area contributed by atoms with Crippen LogP contribution in [0, 0.1) is 0 Å². The minimum atomic E-state index is -0.0143. The van der Waals surface area contributed by atoms with Crippen LogP contribution in [0.4, 0.5) is 0 Å². The van der Waals surface area contributed by atoms with E-state index >= 15 is 0 Å². The summed E-state index contributed by atoms with van der Waals surface area (Å²) in [4.78, 5) is 4.92. The number of thioether (sulfide) groups is 1. The molecule has 0 aliphatic heterocycles. The van der Waals surface area contributed by atoms with Crippen molar-refractivity contribution in [1.29, 1.82) is 0 Å². The molecule has 0 spiro atoms. The highest BCUT2D eigenvalue weighted by Crippen LogP contribution is 2.32. The van der Waals surface area contributed by atoms with Crippen molar-refractivity contribution in [3.63, 3.8) is 0 Å². The maximum atomic E-state index is 8.60. The molecule has 2 heterocycles. The second-order valence-corrected chi connectivity index (χ2v) is 6.35. The third-order valence-corrected chi connectivity index (χ3v) is 4.81. The molecular formula is C9H9N5OS3. The van der Waals surface area contributed by atoms with E-state index in [9.17, 15) is 0 Å². The summed E-state index contributed by atoms with van der Waals surface area (Å²) < 4.78 is 1.76. The Morgan fingerprint density at radius 3 is 2.89 bits per heavy atom. The number of pyridine rings is 1. The van der Waals surface area contributed by atoms with Crippen LogP contribution in [-0.2, 0) is 0 Å². The van der Waals surface area contributed by atoms with Crippen molar-refractivity contribution in [2.45, 2.75) is 13.6 Å². The molecule has 0 aliphatic rings. The molecule has 0 aliphatic carbocycles. The Labute approximate surface area is 116 Å². The van der Waals surface area contributed by atoms with Gasteiger partial charge >= 0.3 is 0 Å². The second kappa shape index (κ2) is 6.03. The van der Waals surface area contributed by atoms with Crippen molar-refractivity contribution < 1.29 is 5.21 Å². The van der Waals surface area contributed by atoms with Gasteiger partial charge in [-0.1, -0.05) is 40.0 Å². The maximum Gasteiger partial charge on any atom is 0.188 e. The molecule has 94 valence electrons. The summed E-state index contributed by atoms with van der Waals surface area (Å²) in [6.45, 7) is 0. The first kappa shape index (κ1) is 13.1. The van der Waals surface area contributed by atoms with Crippen molar-refractivity contribution >= 4 is 40.7 Å². The number of hydrogen-bond acceptors (Lipinski definition) is 8. The van der Waals surface area contributed by atoms with Crippen molar-refractivity contribution in [1.82, 2.24) is 15.2 Å². The summed E-state index contributed by atoms with van der Waals surface area (Å²) >= 11 is 4.54. The Hall–Kier alpha value is -1.32. The van der Waals surface area contributed by atoms with Gasteiger partial charge in [0.15, 0.2) is 14.5 Å². The third-order valence-electron chi connectivity index (χ3n) is 1.87. The lowest BCUT2D eigenvalue weighted by Gasteiger charge is -2.00. The van der Waals surface area contributed by atoms with Crippen LogP contribution < -0.4 is 5.73 Å². The molecule has 3 N–H and O–H groups in total. The lowest BCUT2D eigenvalue weighted by Crippen LogP contribution is -2.14. The van der Waals surface area contributed by atoms with Gasteiger partial charge < -0.3 is 10.9 Å². The number of rotatable bonds is 4. The molecule has 6 nitrogen and oxygen atoms in total. The molecular weight excluding hydrogens is 290 g/mol. The molecule has 0 unspecified atom stereocenters. The van der Waals surface area contributed by atoms with E-state index in [1.165, 1.54) is 23.1 Å². The van der Waals surface area contributed by atoms with Crippen LogP contribution >= 0.6 is 34.9 Å². The number of oxime groups is 1. The van der Waals surface area contributed by atoms with Gasteiger partial charge in [0, 0.05) is 11.1 Å². The molecule has 9 heteroatoms. The summed E-state index contributed by atoms with van der Waals surface area (Å²) in [5.41, 5.74) is 5.91. The van der Waals surface area contributed by atoms with Crippen LogP contribution in [0.5, 0.6) is 0 Å². The highest BCUT2D eigenvalue weighted by atomic mass is 32.2. The van der Waals surface area contributed by atoms with Crippen molar-refractivity contribution in [3.8, 4) is 0 Å². The zero-order chi connectivity index (χ0) is 13.0. The summed E-state index contributed by atoms with van der Waals surface area (Å²) in [5.74, 6) is -0.0143. The number of nitrogens with zero attached hydrogens (tertiary/aromatic N) is 4. The molecule has 0 saturated carbocycles. The van der Waals surface area contributed by atoms with E-state index < -0.39 is 0 Å². The lowest BCUT2D eigenvalue weighted by molar-refractivity contribution is 0.318. The Morgan fingerprint density at radius 1 is 1.44 bits per heavy atom. The molecule has 2 aromatic rings. The average molecular weight is 299 g/mol. The summed E-state index contributed by atoms with van der Waals surface area (Å²) in [6, 6.07) is 3.57. The van der Waals surface area contributed by atoms with E-state index in [-0.39, 0.29) is 5.84 Å². The minimum Gasteiger partial charge on any atom is -0.409 e. The second-order valence-electron chi connectivity index (χ2n) is 3.00. The Morgan fingerprint density at radius 2 is 2.22 bits per heavy atom. The SMILES string of the molecule is CSc1nnc(Sc2ccnc(/C(N)=N/O)c2)s1. The van der Waals surface area contributed by atoms with Gasteiger partial charge in [-0.25, -0.2) is 0 Å². The molecule has 0 aromatic carbocycles. The smallest absolute Gasteiger partial charge is 0.188 e. The molecule has 0 amide bonds. The fourth-order valence-electron chi connectivity index (χ4n) is 1.09. The fraction of sp³-hybridized carbons (Fsp3) is 0.111. The number of aromatic nitrogens is 3.